The lowest BCUT2D eigenvalue weighted by atomic mass is 10.1. The summed E-state index contributed by atoms with van der Waals surface area (Å²) in [6, 6.07) is 5.65. The molecule has 0 aliphatic rings. The Morgan fingerprint density at radius 1 is 1.33 bits per heavy atom. The van der Waals surface area contributed by atoms with Crippen molar-refractivity contribution in [2.24, 2.45) is 0 Å². The van der Waals surface area contributed by atoms with Crippen LogP contribution in [0.4, 0.5) is 0 Å². The van der Waals surface area contributed by atoms with Crippen LogP contribution in [0.2, 0.25) is 0 Å². The highest BCUT2D eigenvalue weighted by atomic mass is 16.5. The van der Waals surface area contributed by atoms with Gasteiger partial charge in [-0.15, -0.1) is 0 Å². The molecule has 1 rings (SSSR count). The van der Waals surface area contributed by atoms with E-state index in [0.717, 1.165) is 6.29 Å². The Bertz CT molecular complexity index is 483. The third-order valence-corrected chi connectivity index (χ3v) is 2.82. The number of ether oxygens (including phenoxy) is 1. The summed E-state index contributed by atoms with van der Waals surface area (Å²) in [6.45, 7) is 2.00. The molecule has 1 aromatic rings. The second-order valence-electron chi connectivity index (χ2n) is 4.53. The van der Waals surface area contributed by atoms with Gasteiger partial charge in [-0.05, 0) is 30.7 Å². The van der Waals surface area contributed by atoms with Crippen LogP contribution in [0.5, 0.6) is 5.75 Å². The molecule has 0 spiro atoms. The van der Waals surface area contributed by atoms with Crippen LogP contribution in [0.25, 0.3) is 0 Å². The van der Waals surface area contributed by atoms with E-state index in [1.54, 1.807) is 24.3 Å². The normalized spacial score (nSPS) is 11.5. The van der Waals surface area contributed by atoms with Crippen LogP contribution in [0.1, 0.15) is 36.5 Å². The number of aldehydes is 1. The number of hydrogen-bond acceptors (Lipinski definition) is 4. The van der Waals surface area contributed by atoms with Crippen molar-refractivity contribution in [3.8, 4) is 5.75 Å². The fraction of sp³-hybridized carbons (Fsp3) is 0.400. The Balaban J connectivity index is 2.35. The van der Waals surface area contributed by atoms with E-state index in [4.69, 9.17) is 9.84 Å². The maximum atomic E-state index is 11.6. The van der Waals surface area contributed by atoms with Crippen molar-refractivity contribution in [2.45, 2.75) is 32.2 Å². The summed E-state index contributed by atoms with van der Waals surface area (Å²) in [5, 5.41) is 11.4. The number of benzene rings is 1. The van der Waals surface area contributed by atoms with Crippen LogP contribution in [0.15, 0.2) is 24.3 Å². The number of amides is 1. The largest absolute Gasteiger partial charge is 0.493 e. The Morgan fingerprint density at radius 2 is 2.00 bits per heavy atom. The predicted octanol–water partition coefficient (Wildman–Crippen LogP) is 1.64. The fourth-order valence-electron chi connectivity index (χ4n) is 1.72. The van der Waals surface area contributed by atoms with E-state index in [2.05, 4.69) is 5.32 Å². The summed E-state index contributed by atoms with van der Waals surface area (Å²) in [5.41, 5.74) is 0.545. The summed E-state index contributed by atoms with van der Waals surface area (Å²) in [5.74, 6) is -0.840. The summed E-state index contributed by atoms with van der Waals surface area (Å²) in [4.78, 5) is 33.0. The first kappa shape index (κ1) is 16.7. The quantitative estimate of drug-likeness (QED) is 0.675. The molecule has 0 aliphatic heterocycles. The third kappa shape index (κ3) is 6.07. The molecular formula is C15H19NO5. The predicted molar refractivity (Wildman–Crippen MR) is 76.4 cm³/mol. The Labute approximate surface area is 123 Å². The van der Waals surface area contributed by atoms with E-state index in [0.29, 0.717) is 24.2 Å². The first-order chi connectivity index (χ1) is 10.1. The van der Waals surface area contributed by atoms with Gasteiger partial charge in [0.25, 0.3) is 0 Å². The molecule has 21 heavy (non-hydrogen) atoms. The van der Waals surface area contributed by atoms with Gasteiger partial charge in [-0.2, -0.15) is 0 Å². The van der Waals surface area contributed by atoms with Crippen LogP contribution in [-0.4, -0.2) is 35.9 Å². The zero-order valence-corrected chi connectivity index (χ0v) is 11.9. The minimum absolute atomic E-state index is 0.0723. The molecule has 114 valence electrons. The fourth-order valence-corrected chi connectivity index (χ4v) is 1.72. The van der Waals surface area contributed by atoms with Crippen LogP contribution in [-0.2, 0) is 9.59 Å². The molecule has 1 amide bonds. The SMILES string of the molecule is CCCC(NC(=O)CCOc1ccc(C=O)cc1)C(=O)O. The zero-order chi connectivity index (χ0) is 15.7. The number of aliphatic carboxylic acids is 1. The number of carboxylic acids is 1. The average molecular weight is 293 g/mol. The maximum Gasteiger partial charge on any atom is 0.326 e. The van der Waals surface area contributed by atoms with Crippen molar-refractivity contribution in [1.82, 2.24) is 5.32 Å². The van der Waals surface area contributed by atoms with Gasteiger partial charge in [-0.1, -0.05) is 13.3 Å². The summed E-state index contributed by atoms with van der Waals surface area (Å²) in [7, 11) is 0. The molecule has 6 heteroatoms. The molecule has 1 atom stereocenters. The minimum atomic E-state index is -1.03. The molecular weight excluding hydrogens is 274 g/mol. The molecule has 0 saturated carbocycles. The highest BCUT2D eigenvalue weighted by Gasteiger charge is 2.18. The number of nitrogens with one attached hydrogen (secondary N) is 1. The first-order valence-corrected chi connectivity index (χ1v) is 6.77. The second-order valence-corrected chi connectivity index (χ2v) is 4.53. The number of rotatable bonds is 9. The number of carbonyl (C=O) groups excluding carboxylic acids is 2. The highest BCUT2D eigenvalue weighted by molar-refractivity contribution is 5.83. The lowest BCUT2D eigenvalue weighted by Crippen LogP contribution is -2.41. The van der Waals surface area contributed by atoms with E-state index in [-0.39, 0.29) is 18.9 Å². The molecule has 0 aliphatic carbocycles. The van der Waals surface area contributed by atoms with Gasteiger partial charge in [0.05, 0.1) is 13.0 Å². The second kappa shape index (κ2) is 8.73. The third-order valence-electron chi connectivity index (χ3n) is 2.82. The number of hydrogen-bond donors (Lipinski definition) is 2. The van der Waals surface area contributed by atoms with E-state index in [1.807, 2.05) is 6.92 Å². The van der Waals surface area contributed by atoms with Crippen molar-refractivity contribution >= 4 is 18.2 Å². The van der Waals surface area contributed by atoms with Crippen LogP contribution in [0, 0.1) is 0 Å². The van der Waals surface area contributed by atoms with E-state index < -0.39 is 12.0 Å². The molecule has 0 aromatic heterocycles. The van der Waals surface area contributed by atoms with E-state index >= 15 is 0 Å². The standard InChI is InChI=1S/C15H19NO5/c1-2-3-13(15(19)20)16-14(18)8-9-21-12-6-4-11(10-17)5-7-12/h4-7,10,13H,2-3,8-9H2,1H3,(H,16,18)(H,19,20). The van der Waals surface area contributed by atoms with Crippen molar-refractivity contribution in [2.75, 3.05) is 6.61 Å². The van der Waals surface area contributed by atoms with Crippen molar-refractivity contribution < 1.29 is 24.2 Å². The monoisotopic (exact) mass is 293 g/mol. The molecule has 6 nitrogen and oxygen atoms in total. The summed E-state index contributed by atoms with van der Waals surface area (Å²) in [6.07, 6.45) is 1.88. The molecule has 0 bridgehead atoms. The van der Waals surface area contributed by atoms with Gasteiger partial charge in [-0.25, -0.2) is 4.79 Å². The van der Waals surface area contributed by atoms with Crippen molar-refractivity contribution in [3.63, 3.8) is 0 Å². The average Bonchev–Trinajstić information content (AvgIpc) is 2.47. The number of carbonyl (C=O) groups is 3. The van der Waals surface area contributed by atoms with Gasteiger partial charge >= 0.3 is 5.97 Å². The summed E-state index contributed by atoms with van der Waals surface area (Å²) >= 11 is 0. The molecule has 1 aromatic carbocycles. The van der Waals surface area contributed by atoms with Crippen molar-refractivity contribution in [1.29, 1.82) is 0 Å². The maximum absolute atomic E-state index is 11.6. The van der Waals surface area contributed by atoms with Crippen molar-refractivity contribution in [3.05, 3.63) is 29.8 Å². The van der Waals surface area contributed by atoms with E-state index in [9.17, 15) is 14.4 Å². The van der Waals surface area contributed by atoms with Crippen LogP contribution >= 0.6 is 0 Å². The molecule has 0 heterocycles. The molecule has 0 fully saturated rings. The zero-order valence-electron chi connectivity index (χ0n) is 11.9. The smallest absolute Gasteiger partial charge is 0.326 e. The van der Waals surface area contributed by atoms with Gasteiger partial charge in [0, 0.05) is 5.56 Å². The molecule has 0 saturated heterocycles. The van der Waals surface area contributed by atoms with Crippen LogP contribution in [0.3, 0.4) is 0 Å². The topological polar surface area (TPSA) is 92.7 Å². The lowest BCUT2D eigenvalue weighted by molar-refractivity contribution is -0.142. The van der Waals surface area contributed by atoms with Crippen LogP contribution < -0.4 is 10.1 Å². The lowest BCUT2D eigenvalue weighted by Gasteiger charge is -2.13. The van der Waals surface area contributed by atoms with Gasteiger partial charge in [-0.3, -0.25) is 9.59 Å². The minimum Gasteiger partial charge on any atom is -0.493 e. The van der Waals surface area contributed by atoms with Gasteiger partial charge in [0.1, 0.15) is 18.1 Å². The Kier molecular flexibility index (Phi) is 6.94. The van der Waals surface area contributed by atoms with Gasteiger partial charge < -0.3 is 15.2 Å². The van der Waals surface area contributed by atoms with Gasteiger partial charge in [0.15, 0.2) is 0 Å². The van der Waals surface area contributed by atoms with Gasteiger partial charge in [0.2, 0.25) is 5.91 Å². The van der Waals surface area contributed by atoms with E-state index in [1.165, 1.54) is 0 Å². The number of carboxylic acid groups (broad SMARTS) is 1. The first-order valence-electron chi connectivity index (χ1n) is 6.77. The molecule has 0 radical (unpaired) electrons. The Hall–Kier alpha value is -2.37. The summed E-state index contributed by atoms with van der Waals surface area (Å²) < 4.78 is 5.35. The highest BCUT2D eigenvalue weighted by Crippen LogP contribution is 2.11. The molecule has 1 unspecified atom stereocenters. The molecule has 2 N–H and O–H groups in total. The Morgan fingerprint density at radius 3 is 2.52 bits per heavy atom.